The molecule has 0 aliphatic heterocycles. The fourth-order valence-corrected chi connectivity index (χ4v) is 1.98. The molecule has 1 heteroatoms. The van der Waals surface area contributed by atoms with Crippen molar-refractivity contribution < 1.29 is 0 Å². The van der Waals surface area contributed by atoms with Gasteiger partial charge >= 0.3 is 0 Å². The SMILES string of the molecule is CCCC(C)NC(C)c1cccc(C)c1. The smallest absolute Gasteiger partial charge is 0.0294 e. The van der Waals surface area contributed by atoms with Gasteiger partial charge in [0.05, 0.1) is 0 Å². The average molecular weight is 205 g/mol. The molecule has 1 rings (SSSR count). The van der Waals surface area contributed by atoms with Gasteiger partial charge in [-0.15, -0.1) is 0 Å². The minimum Gasteiger partial charge on any atom is -0.308 e. The Morgan fingerprint density at radius 3 is 2.60 bits per heavy atom. The summed E-state index contributed by atoms with van der Waals surface area (Å²) in [5, 5.41) is 3.62. The summed E-state index contributed by atoms with van der Waals surface area (Å²) in [4.78, 5) is 0. The molecule has 0 aliphatic carbocycles. The first-order chi connectivity index (χ1) is 7.13. The second-order valence-corrected chi connectivity index (χ2v) is 4.49. The van der Waals surface area contributed by atoms with Crippen LogP contribution < -0.4 is 5.32 Å². The van der Waals surface area contributed by atoms with Crippen LogP contribution in [-0.4, -0.2) is 6.04 Å². The molecular formula is C14H23N. The normalized spacial score (nSPS) is 14.9. The number of nitrogens with one attached hydrogen (secondary N) is 1. The van der Waals surface area contributed by atoms with Gasteiger partial charge in [-0.1, -0.05) is 43.2 Å². The van der Waals surface area contributed by atoms with Crippen molar-refractivity contribution in [2.24, 2.45) is 0 Å². The number of aryl methyl sites for hydroxylation is 1. The molecule has 15 heavy (non-hydrogen) atoms. The number of hydrogen-bond acceptors (Lipinski definition) is 1. The molecule has 1 nitrogen and oxygen atoms in total. The molecule has 0 aromatic heterocycles. The van der Waals surface area contributed by atoms with Crippen LogP contribution >= 0.6 is 0 Å². The topological polar surface area (TPSA) is 12.0 Å². The third-order valence-corrected chi connectivity index (χ3v) is 2.80. The Bertz CT molecular complexity index is 293. The van der Waals surface area contributed by atoms with Crippen molar-refractivity contribution in [2.45, 2.75) is 52.6 Å². The van der Waals surface area contributed by atoms with Crippen molar-refractivity contribution in [1.29, 1.82) is 0 Å². The van der Waals surface area contributed by atoms with Crippen LogP contribution in [0.1, 0.15) is 50.8 Å². The predicted molar refractivity (Wildman–Crippen MR) is 67.1 cm³/mol. The van der Waals surface area contributed by atoms with E-state index < -0.39 is 0 Å². The van der Waals surface area contributed by atoms with E-state index in [9.17, 15) is 0 Å². The molecule has 2 unspecified atom stereocenters. The Balaban J connectivity index is 2.56. The maximum Gasteiger partial charge on any atom is 0.0294 e. The Morgan fingerprint density at radius 2 is 2.00 bits per heavy atom. The summed E-state index contributed by atoms with van der Waals surface area (Å²) >= 11 is 0. The molecule has 0 saturated carbocycles. The highest BCUT2D eigenvalue weighted by Gasteiger charge is 2.08. The lowest BCUT2D eigenvalue weighted by Gasteiger charge is -2.20. The quantitative estimate of drug-likeness (QED) is 0.770. The highest BCUT2D eigenvalue weighted by atomic mass is 14.9. The standard InChI is InChI=1S/C14H23N/c1-5-7-12(3)15-13(4)14-9-6-8-11(2)10-14/h6,8-10,12-13,15H,5,7H2,1-4H3. The van der Waals surface area contributed by atoms with Crippen LogP contribution in [0.4, 0.5) is 0 Å². The van der Waals surface area contributed by atoms with Crippen LogP contribution in [-0.2, 0) is 0 Å². The van der Waals surface area contributed by atoms with E-state index in [-0.39, 0.29) is 0 Å². The summed E-state index contributed by atoms with van der Waals surface area (Å²) in [5.74, 6) is 0. The lowest BCUT2D eigenvalue weighted by Crippen LogP contribution is -2.28. The Morgan fingerprint density at radius 1 is 1.27 bits per heavy atom. The van der Waals surface area contributed by atoms with Gasteiger partial charge in [-0.25, -0.2) is 0 Å². The Kier molecular flexibility index (Phi) is 4.83. The fourth-order valence-electron chi connectivity index (χ4n) is 1.98. The van der Waals surface area contributed by atoms with Gasteiger partial charge in [-0.2, -0.15) is 0 Å². The van der Waals surface area contributed by atoms with Gasteiger partial charge in [0.25, 0.3) is 0 Å². The van der Waals surface area contributed by atoms with Gasteiger partial charge in [0.1, 0.15) is 0 Å². The van der Waals surface area contributed by atoms with E-state index in [0.29, 0.717) is 12.1 Å². The predicted octanol–water partition coefficient (Wildman–Crippen LogP) is 3.83. The van der Waals surface area contributed by atoms with Crippen LogP contribution in [0.25, 0.3) is 0 Å². The third kappa shape index (κ3) is 4.05. The first-order valence-electron chi connectivity index (χ1n) is 5.96. The Labute approximate surface area is 93.9 Å². The zero-order valence-electron chi connectivity index (χ0n) is 10.4. The van der Waals surface area contributed by atoms with E-state index in [2.05, 4.69) is 57.3 Å². The lowest BCUT2D eigenvalue weighted by molar-refractivity contribution is 0.452. The van der Waals surface area contributed by atoms with E-state index >= 15 is 0 Å². The minimum absolute atomic E-state index is 0.450. The zero-order valence-corrected chi connectivity index (χ0v) is 10.4. The molecule has 1 N–H and O–H groups in total. The molecule has 0 bridgehead atoms. The molecule has 0 spiro atoms. The fraction of sp³-hybridized carbons (Fsp3) is 0.571. The lowest BCUT2D eigenvalue weighted by atomic mass is 10.0. The monoisotopic (exact) mass is 205 g/mol. The summed E-state index contributed by atoms with van der Waals surface area (Å²) in [6.07, 6.45) is 2.49. The molecule has 0 amide bonds. The van der Waals surface area contributed by atoms with Gasteiger partial charge < -0.3 is 5.32 Å². The number of benzene rings is 1. The number of rotatable bonds is 5. The second-order valence-electron chi connectivity index (χ2n) is 4.49. The molecule has 0 fully saturated rings. The van der Waals surface area contributed by atoms with Crippen LogP contribution in [0.5, 0.6) is 0 Å². The van der Waals surface area contributed by atoms with Gasteiger partial charge in [-0.3, -0.25) is 0 Å². The third-order valence-electron chi connectivity index (χ3n) is 2.80. The molecule has 1 aromatic carbocycles. The van der Waals surface area contributed by atoms with Crippen molar-refractivity contribution >= 4 is 0 Å². The van der Waals surface area contributed by atoms with Crippen molar-refractivity contribution in [1.82, 2.24) is 5.32 Å². The maximum absolute atomic E-state index is 3.62. The van der Waals surface area contributed by atoms with Crippen LogP contribution in [0.2, 0.25) is 0 Å². The van der Waals surface area contributed by atoms with E-state index in [4.69, 9.17) is 0 Å². The molecule has 1 aromatic rings. The first kappa shape index (κ1) is 12.3. The summed E-state index contributed by atoms with van der Waals surface area (Å²) in [6, 6.07) is 9.79. The van der Waals surface area contributed by atoms with Crippen LogP contribution in [0, 0.1) is 6.92 Å². The van der Waals surface area contributed by atoms with E-state index in [1.165, 1.54) is 24.0 Å². The summed E-state index contributed by atoms with van der Waals surface area (Å²) in [5.41, 5.74) is 2.72. The van der Waals surface area contributed by atoms with Crippen molar-refractivity contribution in [3.63, 3.8) is 0 Å². The maximum atomic E-state index is 3.62. The van der Waals surface area contributed by atoms with E-state index in [1.54, 1.807) is 0 Å². The number of hydrogen-bond donors (Lipinski definition) is 1. The molecule has 84 valence electrons. The van der Waals surface area contributed by atoms with Crippen LogP contribution in [0.3, 0.4) is 0 Å². The summed E-state index contributed by atoms with van der Waals surface area (Å²) in [6.45, 7) is 8.87. The molecule has 0 saturated heterocycles. The minimum atomic E-state index is 0.450. The second kappa shape index (κ2) is 5.92. The van der Waals surface area contributed by atoms with E-state index in [1.807, 2.05) is 0 Å². The highest BCUT2D eigenvalue weighted by molar-refractivity contribution is 5.24. The molecule has 0 radical (unpaired) electrons. The largest absolute Gasteiger partial charge is 0.308 e. The Hall–Kier alpha value is -0.820. The van der Waals surface area contributed by atoms with Gasteiger partial charge in [0, 0.05) is 12.1 Å². The summed E-state index contributed by atoms with van der Waals surface area (Å²) in [7, 11) is 0. The van der Waals surface area contributed by atoms with Gasteiger partial charge in [0.15, 0.2) is 0 Å². The van der Waals surface area contributed by atoms with Gasteiger partial charge in [0.2, 0.25) is 0 Å². The van der Waals surface area contributed by atoms with Crippen molar-refractivity contribution in [2.75, 3.05) is 0 Å². The molecule has 0 aliphatic rings. The first-order valence-corrected chi connectivity index (χ1v) is 5.96. The molecule has 2 atom stereocenters. The molecular weight excluding hydrogens is 182 g/mol. The highest BCUT2D eigenvalue weighted by Crippen LogP contribution is 2.15. The van der Waals surface area contributed by atoms with Gasteiger partial charge in [-0.05, 0) is 32.8 Å². The summed E-state index contributed by atoms with van der Waals surface area (Å²) < 4.78 is 0. The zero-order chi connectivity index (χ0) is 11.3. The van der Waals surface area contributed by atoms with Crippen LogP contribution in [0.15, 0.2) is 24.3 Å². The van der Waals surface area contributed by atoms with E-state index in [0.717, 1.165) is 0 Å². The average Bonchev–Trinajstić information content (AvgIpc) is 2.18. The van der Waals surface area contributed by atoms with Crippen molar-refractivity contribution in [3.05, 3.63) is 35.4 Å². The van der Waals surface area contributed by atoms with Crippen molar-refractivity contribution in [3.8, 4) is 0 Å². The molecule has 0 heterocycles.